The van der Waals surface area contributed by atoms with Gasteiger partial charge in [-0.2, -0.15) is 0 Å². The number of hydrogen-bond acceptors (Lipinski definition) is 1. The van der Waals surface area contributed by atoms with Crippen molar-refractivity contribution in [1.82, 2.24) is 0 Å². The number of hydrogen-bond donors (Lipinski definition) is 1. The molecule has 4 heteroatoms. The van der Waals surface area contributed by atoms with Gasteiger partial charge in [0.15, 0.2) is 17.5 Å². The third kappa shape index (κ3) is 5.99. The summed E-state index contributed by atoms with van der Waals surface area (Å²) in [7, 11) is 0. The molecule has 0 saturated heterocycles. The molecular formula is C18H27F3O. The lowest BCUT2D eigenvalue weighted by molar-refractivity contribution is 0.148. The molecule has 0 aromatic heterocycles. The molecule has 0 heterocycles. The van der Waals surface area contributed by atoms with Crippen LogP contribution >= 0.6 is 0 Å². The fraction of sp³-hybridized carbons (Fsp3) is 0.667. The minimum Gasteiger partial charge on any atom is -0.393 e. The van der Waals surface area contributed by atoms with Crippen molar-refractivity contribution < 1.29 is 18.3 Å². The van der Waals surface area contributed by atoms with Crippen LogP contribution in [0, 0.1) is 23.4 Å². The van der Waals surface area contributed by atoms with Crippen molar-refractivity contribution in [2.75, 3.05) is 0 Å². The van der Waals surface area contributed by atoms with E-state index < -0.39 is 23.6 Å². The van der Waals surface area contributed by atoms with Crippen molar-refractivity contribution in [1.29, 1.82) is 0 Å². The van der Waals surface area contributed by atoms with E-state index in [1.807, 2.05) is 0 Å². The minimum absolute atomic E-state index is 0.121. The summed E-state index contributed by atoms with van der Waals surface area (Å²) in [4.78, 5) is 0. The Morgan fingerprint density at radius 2 is 1.68 bits per heavy atom. The normalized spacial score (nSPS) is 14.1. The lowest BCUT2D eigenvalue weighted by Crippen LogP contribution is -2.10. The summed E-state index contributed by atoms with van der Waals surface area (Å²) in [5.41, 5.74) is 0.121. The van der Waals surface area contributed by atoms with Gasteiger partial charge in [-0.3, -0.25) is 0 Å². The molecule has 1 rings (SSSR count). The highest BCUT2D eigenvalue weighted by molar-refractivity contribution is 5.20. The SMILES string of the molecule is CCCC(CC)CCCC(O)CCc1ccc(F)c(F)c1F. The second-order valence-corrected chi connectivity index (χ2v) is 6.02. The number of aliphatic hydroxyl groups is 1. The molecule has 0 radical (unpaired) electrons. The first-order valence-electron chi connectivity index (χ1n) is 8.29. The van der Waals surface area contributed by atoms with E-state index >= 15 is 0 Å². The van der Waals surface area contributed by atoms with Crippen LogP contribution in [-0.4, -0.2) is 11.2 Å². The Hall–Kier alpha value is -1.03. The van der Waals surface area contributed by atoms with Gasteiger partial charge in [0.2, 0.25) is 0 Å². The van der Waals surface area contributed by atoms with Crippen LogP contribution in [-0.2, 0) is 6.42 Å². The maximum absolute atomic E-state index is 13.5. The molecule has 0 saturated carbocycles. The third-order valence-corrected chi connectivity index (χ3v) is 4.29. The summed E-state index contributed by atoms with van der Waals surface area (Å²) in [5.74, 6) is -3.04. The Labute approximate surface area is 131 Å². The molecule has 126 valence electrons. The van der Waals surface area contributed by atoms with Crippen molar-refractivity contribution >= 4 is 0 Å². The molecule has 2 unspecified atom stereocenters. The quantitative estimate of drug-likeness (QED) is 0.573. The van der Waals surface area contributed by atoms with E-state index in [2.05, 4.69) is 13.8 Å². The Kier molecular flexibility index (Phi) is 8.54. The van der Waals surface area contributed by atoms with E-state index in [9.17, 15) is 18.3 Å². The third-order valence-electron chi connectivity index (χ3n) is 4.29. The van der Waals surface area contributed by atoms with Crippen LogP contribution in [0.5, 0.6) is 0 Å². The average Bonchev–Trinajstić information content (AvgIpc) is 2.51. The van der Waals surface area contributed by atoms with Gasteiger partial charge in [-0.05, 0) is 36.8 Å². The molecule has 0 fully saturated rings. The number of benzene rings is 1. The molecule has 1 N–H and O–H groups in total. The predicted molar refractivity (Wildman–Crippen MR) is 83.2 cm³/mol. The zero-order chi connectivity index (χ0) is 16.5. The van der Waals surface area contributed by atoms with Crippen LogP contribution in [0.1, 0.15) is 64.4 Å². The van der Waals surface area contributed by atoms with Crippen LogP contribution in [0.15, 0.2) is 12.1 Å². The van der Waals surface area contributed by atoms with Gasteiger partial charge in [-0.25, -0.2) is 13.2 Å². The molecule has 0 aliphatic carbocycles. The van der Waals surface area contributed by atoms with Crippen molar-refractivity contribution in [3.8, 4) is 0 Å². The zero-order valence-corrected chi connectivity index (χ0v) is 13.5. The number of rotatable bonds is 10. The van der Waals surface area contributed by atoms with Crippen LogP contribution in [0.3, 0.4) is 0 Å². The van der Waals surface area contributed by atoms with E-state index in [1.165, 1.54) is 18.9 Å². The van der Waals surface area contributed by atoms with Crippen LogP contribution in [0.2, 0.25) is 0 Å². The van der Waals surface area contributed by atoms with Crippen LogP contribution < -0.4 is 0 Å². The molecule has 0 aliphatic rings. The minimum atomic E-state index is -1.43. The first-order chi connectivity index (χ1) is 10.5. The van der Waals surface area contributed by atoms with E-state index in [0.29, 0.717) is 18.8 Å². The summed E-state index contributed by atoms with van der Waals surface area (Å²) >= 11 is 0. The maximum atomic E-state index is 13.5. The maximum Gasteiger partial charge on any atom is 0.194 e. The van der Waals surface area contributed by atoms with Crippen molar-refractivity contribution in [3.05, 3.63) is 35.1 Å². The van der Waals surface area contributed by atoms with E-state index in [-0.39, 0.29) is 12.0 Å². The van der Waals surface area contributed by atoms with Crippen molar-refractivity contribution in [2.45, 2.75) is 71.3 Å². The lowest BCUT2D eigenvalue weighted by atomic mass is 9.93. The highest BCUT2D eigenvalue weighted by atomic mass is 19.2. The van der Waals surface area contributed by atoms with Gasteiger partial charge < -0.3 is 5.11 Å². The van der Waals surface area contributed by atoms with Crippen molar-refractivity contribution in [2.24, 2.45) is 5.92 Å². The molecule has 0 spiro atoms. The van der Waals surface area contributed by atoms with Gasteiger partial charge in [-0.15, -0.1) is 0 Å². The fourth-order valence-electron chi connectivity index (χ4n) is 2.83. The Bertz CT molecular complexity index is 448. The summed E-state index contributed by atoms with van der Waals surface area (Å²) in [5, 5.41) is 9.95. The smallest absolute Gasteiger partial charge is 0.194 e. The topological polar surface area (TPSA) is 20.2 Å². The van der Waals surface area contributed by atoms with Crippen LogP contribution in [0.25, 0.3) is 0 Å². The van der Waals surface area contributed by atoms with Gasteiger partial charge in [0.1, 0.15) is 0 Å². The summed E-state index contributed by atoms with van der Waals surface area (Å²) in [6, 6.07) is 2.17. The van der Waals surface area contributed by atoms with E-state index in [4.69, 9.17) is 0 Å². The standard InChI is InChI=1S/C18H27F3O/c1-3-6-13(4-2)7-5-8-15(22)11-9-14-10-12-16(19)18(21)17(14)20/h10,12-13,15,22H,3-9,11H2,1-2H3. The molecule has 1 aromatic rings. The van der Waals surface area contributed by atoms with Gasteiger partial charge in [-0.1, -0.05) is 52.0 Å². The first kappa shape index (κ1) is 19.0. The summed E-state index contributed by atoms with van der Waals surface area (Å²) in [6.07, 6.45) is 6.33. The second kappa shape index (κ2) is 9.88. The average molecular weight is 316 g/mol. The van der Waals surface area contributed by atoms with Crippen LogP contribution in [0.4, 0.5) is 13.2 Å². The lowest BCUT2D eigenvalue weighted by Gasteiger charge is -2.15. The highest BCUT2D eigenvalue weighted by Crippen LogP contribution is 2.21. The molecule has 0 bridgehead atoms. The molecule has 0 aliphatic heterocycles. The first-order valence-corrected chi connectivity index (χ1v) is 8.29. The molecule has 1 nitrogen and oxygen atoms in total. The zero-order valence-electron chi connectivity index (χ0n) is 13.5. The Morgan fingerprint density at radius 3 is 2.32 bits per heavy atom. The molecule has 0 amide bonds. The van der Waals surface area contributed by atoms with Gasteiger partial charge in [0.05, 0.1) is 6.10 Å². The monoisotopic (exact) mass is 316 g/mol. The second-order valence-electron chi connectivity index (χ2n) is 6.02. The molecule has 22 heavy (non-hydrogen) atoms. The number of aliphatic hydroxyl groups excluding tert-OH is 1. The van der Waals surface area contributed by atoms with Crippen molar-refractivity contribution in [3.63, 3.8) is 0 Å². The van der Waals surface area contributed by atoms with Gasteiger partial charge in [0, 0.05) is 0 Å². The van der Waals surface area contributed by atoms with Gasteiger partial charge in [0.25, 0.3) is 0 Å². The largest absolute Gasteiger partial charge is 0.393 e. The van der Waals surface area contributed by atoms with E-state index in [0.717, 1.165) is 25.3 Å². The van der Waals surface area contributed by atoms with Gasteiger partial charge >= 0.3 is 0 Å². The molecule has 1 aromatic carbocycles. The highest BCUT2D eigenvalue weighted by Gasteiger charge is 2.14. The molecule has 2 atom stereocenters. The molecular weight excluding hydrogens is 289 g/mol. The summed E-state index contributed by atoms with van der Waals surface area (Å²) in [6.45, 7) is 4.36. The summed E-state index contributed by atoms with van der Waals surface area (Å²) < 4.78 is 39.4. The number of aryl methyl sites for hydroxylation is 1. The predicted octanol–water partition coefficient (Wildman–Crippen LogP) is 5.39. The number of halogens is 3. The van der Waals surface area contributed by atoms with E-state index in [1.54, 1.807) is 0 Å². The Balaban J connectivity index is 2.34. The fourth-order valence-corrected chi connectivity index (χ4v) is 2.83. The Morgan fingerprint density at radius 1 is 0.955 bits per heavy atom.